The average molecular weight is 186 g/mol. The Hall–Kier alpha value is -2.07. The second-order valence-corrected chi connectivity index (χ2v) is 2.64. The van der Waals surface area contributed by atoms with Gasteiger partial charge in [0.1, 0.15) is 6.07 Å². The van der Waals surface area contributed by atoms with Gasteiger partial charge in [-0.2, -0.15) is 10.4 Å². The highest BCUT2D eigenvalue weighted by Crippen LogP contribution is 2.07. The van der Waals surface area contributed by atoms with E-state index >= 15 is 0 Å². The highest BCUT2D eigenvalue weighted by atomic mass is 15.2. The summed E-state index contributed by atoms with van der Waals surface area (Å²) in [6, 6.07) is 3.65. The summed E-state index contributed by atoms with van der Waals surface area (Å²) in [4.78, 5) is 0. The van der Waals surface area contributed by atoms with E-state index in [1.165, 1.54) is 6.20 Å². The predicted octanol–water partition coefficient (Wildman–Crippen LogP) is 1.17. The summed E-state index contributed by atoms with van der Waals surface area (Å²) in [6.45, 7) is 0.706. The Labute approximate surface area is 83.0 Å². The summed E-state index contributed by atoms with van der Waals surface area (Å²) in [5.74, 6) is 3.06. The first-order valence-corrected chi connectivity index (χ1v) is 4.27. The molecule has 70 valence electrons. The zero-order valence-corrected chi connectivity index (χ0v) is 7.70. The van der Waals surface area contributed by atoms with Gasteiger partial charge >= 0.3 is 0 Å². The highest BCUT2D eigenvalue weighted by molar-refractivity contribution is 5.49. The van der Waals surface area contributed by atoms with Crippen LogP contribution < -0.4 is 5.32 Å². The fourth-order valence-corrected chi connectivity index (χ4v) is 0.950. The summed E-state index contributed by atoms with van der Waals surface area (Å²) >= 11 is 0. The van der Waals surface area contributed by atoms with Crippen LogP contribution in [0.1, 0.15) is 18.4 Å². The predicted molar refractivity (Wildman–Crippen MR) is 53.3 cm³/mol. The highest BCUT2D eigenvalue weighted by Gasteiger charge is 2.00. The summed E-state index contributed by atoms with van der Waals surface area (Å²) in [6.07, 6.45) is 8.17. The van der Waals surface area contributed by atoms with E-state index in [1.807, 2.05) is 6.07 Å². The van der Waals surface area contributed by atoms with Crippen molar-refractivity contribution in [3.8, 4) is 18.4 Å². The number of anilines is 1. The molecule has 1 N–H and O–H groups in total. The standard InChI is InChI=1S/C10H10N4/c1-2-3-4-6-12-10-9(8-11)5-7-13-14-10/h1,5,7H,3-4,6H2,(H,12,14). The molecule has 1 rings (SSSR count). The number of unbranched alkanes of at least 4 members (excludes halogenated alkanes) is 1. The van der Waals surface area contributed by atoms with Gasteiger partial charge in [-0.1, -0.05) is 0 Å². The quantitative estimate of drug-likeness (QED) is 0.566. The van der Waals surface area contributed by atoms with Crippen molar-refractivity contribution in [1.29, 1.82) is 5.26 Å². The molecule has 0 atom stereocenters. The third-order valence-corrected chi connectivity index (χ3v) is 1.63. The lowest BCUT2D eigenvalue weighted by molar-refractivity contribution is 0.889. The number of aromatic nitrogens is 2. The van der Waals surface area contributed by atoms with Crippen molar-refractivity contribution in [3.05, 3.63) is 17.8 Å². The number of hydrogen-bond acceptors (Lipinski definition) is 4. The Bertz CT molecular complexity index is 372. The van der Waals surface area contributed by atoms with E-state index in [1.54, 1.807) is 6.07 Å². The smallest absolute Gasteiger partial charge is 0.166 e. The number of nitriles is 1. The van der Waals surface area contributed by atoms with Gasteiger partial charge in [-0.15, -0.1) is 17.4 Å². The first kappa shape index (κ1) is 10.0. The van der Waals surface area contributed by atoms with E-state index in [2.05, 4.69) is 21.4 Å². The molecule has 4 heteroatoms. The van der Waals surface area contributed by atoms with E-state index < -0.39 is 0 Å². The van der Waals surface area contributed by atoms with Crippen LogP contribution in [0.5, 0.6) is 0 Å². The van der Waals surface area contributed by atoms with Crippen molar-refractivity contribution in [2.75, 3.05) is 11.9 Å². The Morgan fingerprint density at radius 2 is 2.43 bits per heavy atom. The van der Waals surface area contributed by atoms with Gasteiger partial charge in [0.05, 0.1) is 11.8 Å². The molecule has 0 spiro atoms. The molecule has 0 saturated carbocycles. The topological polar surface area (TPSA) is 61.6 Å². The number of terminal acetylenes is 1. The molecule has 14 heavy (non-hydrogen) atoms. The molecule has 0 aliphatic rings. The Kier molecular flexibility index (Phi) is 3.97. The van der Waals surface area contributed by atoms with Crippen molar-refractivity contribution in [2.24, 2.45) is 0 Å². The molecule has 1 aromatic rings. The molecule has 0 aliphatic carbocycles. The Balaban J connectivity index is 2.51. The van der Waals surface area contributed by atoms with Gasteiger partial charge in [0.15, 0.2) is 5.82 Å². The molecular weight excluding hydrogens is 176 g/mol. The van der Waals surface area contributed by atoms with Gasteiger partial charge in [-0.05, 0) is 12.5 Å². The number of hydrogen-bond donors (Lipinski definition) is 1. The molecule has 1 aromatic heterocycles. The SMILES string of the molecule is C#CCCCNc1nnccc1C#N. The number of rotatable bonds is 4. The van der Waals surface area contributed by atoms with Crippen LogP contribution >= 0.6 is 0 Å². The van der Waals surface area contributed by atoms with Gasteiger partial charge in [0, 0.05) is 13.0 Å². The number of nitrogens with one attached hydrogen (secondary N) is 1. The monoisotopic (exact) mass is 186 g/mol. The normalized spacial score (nSPS) is 8.71. The van der Waals surface area contributed by atoms with E-state index in [0.29, 0.717) is 17.9 Å². The van der Waals surface area contributed by atoms with Gasteiger partial charge in [0.2, 0.25) is 0 Å². The molecule has 4 nitrogen and oxygen atoms in total. The third-order valence-electron chi connectivity index (χ3n) is 1.63. The van der Waals surface area contributed by atoms with Crippen LogP contribution in [0.2, 0.25) is 0 Å². The molecule has 0 amide bonds. The lowest BCUT2D eigenvalue weighted by Gasteiger charge is -2.03. The molecule has 0 fully saturated rings. The van der Waals surface area contributed by atoms with Crippen LogP contribution in [0.25, 0.3) is 0 Å². The molecule has 0 radical (unpaired) electrons. The summed E-state index contributed by atoms with van der Waals surface area (Å²) in [7, 11) is 0. The minimum atomic E-state index is 0.501. The van der Waals surface area contributed by atoms with Crippen LogP contribution in [0.3, 0.4) is 0 Å². The van der Waals surface area contributed by atoms with Crippen LogP contribution in [0.4, 0.5) is 5.82 Å². The maximum atomic E-state index is 8.73. The summed E-state index contributed by atoms with van der Waals surface area (Å²) in [5, 5.41) is 19.2. The molecule has 1 heterocycles. The fraction of sp³-hybridized carbons (Fsp3) is 0.300. The van der Waals surface area contributed by atoms with Crippen LogP contribution in [-0.4, -0.2) is 16.7 Å². The molecule has 0 aromatic carbocycles. The lowest BCUT2D eigenvalue weighted by atomic mass is 10.3. The van der Waals surface area contributed by atoms with E-state index in [4.69, 9.17) is 11.7 Å². The average Bonchev–Trinajstić information content (AvgIpc) is 2.25. The Morgan fingerprint density at radius 1 is 1.57 bits per heavy atom. The Morgan fingerprint density at radius 3 is 3.14 bits per heavy atom. The van der Waals surface area contributed by atoms with Crippen LogP contribution in [0.15, 0.2) is 12.3 Å². The zero-order chi connectivity index (χ0) is 10.2. The van der Waals surface area contributed by atoms with Gasteiger partial charge < -0.3 is 5.32 Å². The zero-order valence-electron chi connectivity index (χ0n) is 7.70. The molecule has 0 saturated heterocycles. The van der Waals surface area contributed by atoms with E-state index in [0.717, 1.165) is 12.8 Å². The van der Waals surface area contributed by atoms with Crippen LogP contribution in [-0.2, 0) is 0 Å². The van der Waals surface area contributed by atoms with Crippen molar-refractivity contribution < 1.29 is 0 Å². The minimum Gasteiger partial charge on any atom is -0.367 e. The molecule has 0 aliphatic heterocycles. The fourth-order valence-electron chi connectivity index (χ4n) is 0.950. The first-order chi connectivity index (χ1) is 6.88. The second kappa shape index (κ2) is 5.55. The summed E-state index contributed by atoms with van der Waals surface area (Å²) < 4.78 is 0. The molecular formula is C10H10N4. The van der Waals surface area contributed by atoms with Crippen molar-refractivity contribution >= 4 is 5.82 Å². The van der Waals surface area contributed by atoms with Crippen molar-refractivity contribution in [1.82, 2.24) is 10.2 Å². The largest absolute Gasteiger partial charge is 0.367 e. The maximum Gasteiger partial charge on any atom is 0.166 e. The van der Waals surface area contributed by atoms with Gasteiger partial charge in [0.25, 0.3) is 0 Å². The number of nitrogens with zero attached hydrogens (tertiary/aromatic N) is 3. The van der Waals surface area contributed by atoms with E-state index in [-0.39, 0.29) is 0 Å². The van der Waals surface area contributed by atoms with Crippen LogP contribution in [0, 0.1) is 23.7 Å². The van der Waals surface area contributed by atoms with Crippen molar-refractivity contribution in [3.63, 3.8) is 0 Å². The van der Waals surface area contributed by atoms with Gasteiger partial charge in [-0.3, -0.25) is 0 Å². The second-order valence-electron chi connectivity index (χ2n) is 2.64. The summed E-state index contributed by atoms with van der Waals surface area (Å²) in [5.41, 5.74) is 0.501. The molecule has 0 bridgehead atoms. The maximum absolute atomic E-state index is 8.73. The van der Waals surface area contributed by atoms with Crippen molar-refractivity contribution in [2.45, 2.75) is 12.8 Å². The van der Waals surface area contributed by atoms with E-state index in [9.17, 15) is 0 Å². The molecule has 0 unspecified atom stereocenters. The first-order valence-electron chi connectivity index (χ1n) is 4.27. The van der Waals surface area contributed by atoms with Gasteiger partial charge in [-0.25, -0.2) is 0 Å². The minimum absolute atomic E-state index is 0.501. The lowest BCUT2D eigenvalue weighted by Crippen LogP contribution is -2.05. The third kappa shape index (κ3) is 2.76.